The number of piperidine rings is 1. The van der Waals surface area contributed by atoms with Crippen LogP contribution in [-0.4, -0.2) is 42.3 Å². The van der Waals surface area contributed by atoms with E-state index in [4.69, 9.17) is 9.47 Å². The predicted molar refractivity (Wildman–Crippen MR) is 110 cm³/mol. The van der Waals surface area contributed by atoms with Crippen molar-refractivity contribution >= 4 is 33.2 Å². The number of ether oxygens (including phenoxy) is 2. The quantitative estimate of drug-likeness (QED) is 0.642. The summed E-state index contributed by atoms with van der Waals surface area (Å²) in [7, 11) is 1.62. The van der Waals surface area contributed by atoms with Crippen LogP contribution >= 0.6 is 27.3 Å². The molecule has 3 rings (SSSR count). The monoisotopic (exact) mass is 453 g/mol. The van der Waals surface area contributed by atoms with E-state index in [1.165, 1.54) is 0 Å². The SMILES string of the molecule is CCOc1ccc(C(c2ccc(Br)s2)N2CCCCC2C(=O)O)cc1OC. The molecule has 27 heavy (non-hydrogen) atoms. The van der Waals surface area contributed by atoms with Gasteiger partial charge in [0.25, 0.3) is 0 Å². The summed E-state index contributed by atoms with van der Waals surface area (Å²) in [4.78, 5) is 15.1. The van der Waals surface area contributed by atoms with Crippen LogP contribution in [0.15, 0.2) is 34.1 Å². The molecule has 1 aromatic carbocycles. The minimum atomic E-state index is -0.756. The zero-order chi connectivity index (χ0) is 19.4. The number of benzene rings is 1. The summed E-state index contributed by atoms with van der Waals surface area (Å²) < 4.78 is 12.2. The first-order chi connectivity index (χ1) is 13.0. The minimum absolute atomic E-state index is 0.132. The summed E-state index contributed by atoms with van der Waals surface area (Å²) in [6.45, 7) is 3.25. The van der Waals surface area contributed by atoms with Crippen LogP contribution in [0.4, 0.5) is 0 Å². The van der Waals surface area contributed by atoms with Crippen molar-refractivity contribution in [3.63, 3.8) is 0 Å². The highest BCUT2D eigenvalue weighted by Crippen LogP contribution is 2.41. The second-order valence-electron chi connectivity index (χ2n) is 6.48. The molecule has 146 valence electrons. The summed E-state index contributed by atoms with van der Waals surface area (Å²) in [5.74, 6) is 0.607. The van der Waals surface area contributed by atoms with Crippen LogP contribution in [-0.2, 0) is 4.79 Å². The summed E-state index contributed by atoms with van der Waals surface area (Å²) >= 11 is 5.18. The van der Waals surface area contributed by atoms with E-state index >= 15 is 0 Å². The van der Waals surface area contributed by atoms with E-state index < -0.39 is 12.0 Å². The van der Waals surface area contributed by atoms with Crippen molar-refractivity contribution in [1.82, 2.24) is 4.90 Å². The Kier molecular flexibility index (Phi) is 6.78. The van der Waals surface area contributed by atoms with Gasteiger partial charge in [-0.2, -0.15) is 0 Å². The van der Waals surface area contributed by atoms with Gasteiger partial charge in [0.05, 0.1) is 23.5 Å². The molecule has 5 nitrogen and oxygen atoms in total. The van der Waals surface area contributed by atoms with Crippen molar-refractivity contribution in [3.05, 3.63) is 44.6 Å². The fourth-order valence-corrected chi connectivity index (χ4v) is 5.22. The summed E-state index contributed by atoms with van der Waals surface area (Å²) in [5, 5.41) is 9.78. The number of aliphatic carboxylic acids is 1. The van der Waals surface area contributed by atoms with Crippen LogP contribution in [0.25, 0.3) is 0 Å². The second kappa shape index (κ2) is 9.08. The van der Waals surface area contributed by atoms with Crippen molar-refractivity contribution in [3.8, 4) is 11.5 Å². The van der Waals surface area contributed by atoms with Crippen molar-refractivity contribution < 1.29 is 19.4 Å². The average molecular weight is 454 g/mol. The predicted octanol–water partition coefficient (Wildman–Crippen LogP) is 4.95. The number of nitrogens with zero attached hydrogens (tertiary/aromatic N) is 1. The van der Waals surface area contributed by atoms with Gasteiger partial charge in [-0.3, -0.25) is 9.69 Å². The topological polar surface area (TPSA) is 59.0 Å². The maximum atomic E-state index is 11.9. The van der Waals surface area contributed by atoms with Gasteiger partial charge in [-0.25, -0.2) is 0 Å². The number of carboxylic acids is 1. The van der Waals surface area contributed by atoms with Gasteiger partial charge >= 0.3 is 5.97 Å². The first-order valence-corrected chi connectivity index (χ1v) is 10.7. The molecular formula is C20H24BrNO4S. The van der Waals surface area contributed by atoms with Crippen molar-refractivity contribution in [2.75, 3.05) is 20.3 Å². The number of methoxy groups -OCH3 is 1. The van der Waals surface area contributed by atoms with Crippen molar-refractivity contribution in [2.24, 2.45) is 0 Å². The Labute approximate surface area is 172 Å². The molecule has 7 heteroatoms. The lowest BCUT2D eigenvalue weighted by Crippen LogP contribution is -2.46. The Morgan fingerprint density at radius 1 is 1.33 bits per heavy atom. The second-order valence-corrected chi connectivity index (χ2v) is 8.97. The molecule has 0 amide bonds. The molecule has 2 atom stereocenters. The fraction of sp³-hybridized carbons (Fsp3) is 0.450. The number of carbonyl (C=O) groups is 1. The van der Waals surface area contributed by atoms with Crippen LogP contribution in [0.3, 0.4) is 0 Å². The first-order valence-electron chi connectivity index (χ1n) is 9.09. The van der Waals surface area contributed by atoms with E-state index in [-0.39, 0.29) is 6.04 Å². The van der Waals surface area contributed by atoms with Gasteiger partial charge in [-0.05, 0) is 72.1 Å². The number of likely N-dealkylation sites (tertiary alicyclic amines) is 1. The molecule has 0 saturated carbocycles. The summed E-state index contributed by atoms with van der Waals surface area (Å²) in [6.07, 6.45) is 2.62. The maximum Gasteiger partial charge on any atom is 0.320 e. The Bertz CT molecular complexity index is 794. The van der Waals surface area contributed by atoms with Crippen LogP contribution in [0.5, 0.6) is 11.5 Å². The zero-order valence-electron chi connectivity index (χ0n) is 15.5. The van der Waals surface area contributed by atoms with Gasteiger partial charge in [-0.1, -0.05) is 12.5 Å². The average Bonchev–Trinajstić information content (AvgIpc) is 3.09. The van der Waals surface area contributed by atoms with E-state index in [0.717, 1.165) is 33.6 Å². The van der Waals surface area contributed by atoms with Crippen molar-refractivity contribution in [2.45, 2.75) is 38.3 Å². The van der Waals surface area contributed by atoms with Crippen LogP contribution in [0.1, 0.15) is 42.7 Å². The van der Waals surface area contributed by atoms with E-state index in [1.54, 1.807) is 18.4 Å². The number of hydrogen-bond donors (Lipinski definition) is 1. The van der Waals surface area contributed by atoms with Gasteiger partial charge in [0.2, 0.25) is 0 Å². The third-order valence-corrected chi connectivity index (χ3v) is 6.50. The third-order valence-electron chi connectivity index (χ3n) is 4.83. The molecule has 2 unspecified atom stereocenters. The Balaban J connectivity index is 2.06. The van der Waals surface area contributed by atoms with E-state index in [1.807, 2.05) is 31.2 Å². The molecule has 2 heterocycles. The number of hydrogen-bond acceptors (Lipinski definition) is 5. The molecule has 0 radical (unpaired) electrons. The molecule has 1 aliphatic rings. The van der Waals surface area contributed by atoms with Gasteiger partial charge < -0.3 is 14.6 Å². The molecular weight excluding hydrogens is 430 g/mol. The van der Waals surface area contributed by atoms with Crippen LogP contribution in [0.2, 0.25) is 0 Å². The molecule has 1 N–H and O–H groups in total. The lowest BCUT2D eigenvalue weighted by Gasteiger charge is -2.39. The van der Waals surface area contributed by atoms with Gasteiger partial charge in [0.1, 0.15) is 6.04 Å². The molecule has 1 aromatic heterocycles. The number of halogens is 1. The normalized spacial score (nSPS) is 18.9. The van der Waals surface area contributed by atoms with Gasteiger partial charge in [-0.15, -0.1) is 11.3 Å². The van der Waals surface area contributed by atoms with Gasteiger partial charge in [0, 0.05) is 4.88 Å². The highest BCUT2D eigenvalue weighted by atomic mass is 79.9. The molecule has 1 fully saturated rings. The Hall–Kier alpha value is -1.57. The third kappa shape index (κ3) is 4.47. The van der Waals surface area contributed by atoms with Crippen LogP contribution < -0.4 is 9.47 Å². The standard InChI is InChI=1S/C20H24BrNO4S/c1-3-26-15-8-7-13(12-16(15)25-2)19(17-9-10-18(21)27-17)22-11-5-4-6-14(22)20(23)24/h7-10,12,14,19H,3-6,11H2,1-2H3,(H,23,24). The smallest absolute Gasteiger partial charge is 0.320 e. The first kappa shape index (κ1) is 20.2. The fourth-order valence-electron chi connectivity index (χ4n) is 3.65. The molecule has 0 bridgehead atoms. The molecule has 0 spiro atoms. The number of carboxylic acid groups (broad SMARTS) is 1. The molecule has 2 aromatic rings. The zero-order valence-corrected chi connectivity index (χ0v) is 17.9. The minimum Gasteiger partial charge on any atom is -0.493 e. The lowest BCUT2D eigenvalue weighted by atomic mass is 9.95. The van der Waals surface area contributed by atoms with Crippen LogP contribution in [0, 0.1) is 0 Å². The molecule has 1 saturated heterocycles. The highest BCUT2D eigenvalue weighted by Gasteiger charge is 2.36. The largest absolute Gasteiger partial charge is 0.493 e. The van der Waals surface area contributed by atoms with E-state index in [2.05, 4.69) is 26.9 Å². The Morgan fingerprint density at radius 2 is 2.15 bits per heavy atom. The van der Waals surface area contributed by atoms with E-state index in [0.29, 0.717) is 24.5 Å². The van der Waals surface area contributed by atoms with Crippen molar-refractivity contribution in [1.29, 1.82) is 0 Å². The summed E-state index contributed by atoms with van der Waals surface area (Å²) in [6, 6.07) is 9.35. The molecule has 0 aliphatic carbocycles. The van der Waals surface area contributed by atoms with E-state index in [9.17, 15) is 9.90 Å². The maximum absolute atomic E-state index is 11.9. The van der Waals surface area contributed by atoms with Gasteiger partial charge in [0.15, 0.2) is 11.5 Å². The number of thiophene rings is 1. The lowest BCUT2D eigenvalue weighted by molar-refractivity contribution is -0.145. The summed E-state index contributed by atoms with van der Waals surface area (Å²) in [5.41, 5.74) is 1.01. The highest BCUT2D eigenvalue weighted by molar-refractivity contribution is 9.11. The Morgan fingerprint density at radius 3 is 2.78 bits per heavy atom. The molecule has 1 aliphatic heterocycles. The number of rotatable bonds is 7.